The van der Waals surface area contributed by atoms with Crippen molar-refractivity contribution in [3.63, 3.8) is 0 Å². The summed E-state index contributed by atoms with van der Waals surface area (Å²) in [5.74, 6) is 0.432. The minimum Gasteiger partial charge on any atom is -0.497 e. The van der Waals surface area contributed by atoms with E-state index < -0.39 is 6.04 Å². The maximum atomic E-state index is 13.8. The summed E-state index contributed by atoms with van der Waals surface area (Å²) >= 11 is 6.10. The smallest absolute Gasteiger partial charge is 0.247 e. The van der Waals surface area contributed by atoms with Gasteiger partial charge in [0.15, 0.2) is 0 Å². The van der Waals surface area contributed by atoms with Gasteiger partial charge in [-0.15, -0.1) is 0 Å². The summed E-state index contributed by atoms with van der Waals surface area (Å²) in [5.41, 5.74) is 3.62. The second-order valence-electron chi connectivity index (χ2n) is 9.01. The standard InChI is InChI=1S/C32H31ClN2O3/c1-38-29-18-14-24(15-19-29)20-21-34-32(37)31(27-10-6-3-7-11-27)35(23-26-12-16-28(33)17-13-26)30(36)22-25-8-4-2-5-9-25/h2-19,31H,20-23H2,1H3,(H,34,37)/t31-/m1/s1. The summed E-state index contributed by atoms with van der Waals surface area (Å²) in [6.07, 6.45) is 0.850. The van der Waals surface area contributed by atoms with E-state index in [1.165, 1.54) is 0 Å². The van der Waals surface area contributed by atoms with E-state index in [-0.39, 0.29) is 24.8 Å². The number of nitrogens with zero attached hydrogens (tertiary/aromatic N) is 1. The number of ether oxygens (including phenoxy) is 1. The van der Waals surface area contributed by atoms with Gasteiger partial charge in [0.05, 0.1) is 13.5 Å². The summed E-state index contributed by atoms with van der Waals surface area (Å²) in [5, 5.41) is 3.68. The fraction of sp³-hybridized carbons (Fsp3) is 0.188. The van der Waals surface area contributed by atoms with Gasteiger partial charge in [-0.2, -0.15) is 0 Å². The van der Waals surface area contributed by atoms with Gasteiger partial charge < -0.3 is 15.0 Å². The van der Waals surface area contributed by atoms with E-state index in [1.807, 2.05) is 97.1 Å². The molecule has 1 N–H and O–H groups in total. The molecule has 0 unspecified atom stereocenters. The van der Waals surface area contributed by atoms with Gasteiger partial charge in [-0.25, -0.2) is 0 Å². The summed E-state index contributed by atoms with van der Waals surface area (Å²) in [4.78, 5) is 29.2. The number of carbonyl (C=O) groups is 2. The van der Waals surface area contributed by atoms with Crippen molar-refractivity contribution in [1.29, 1.82) is 0 Å². The molecule has 0 bridgehead atoms. The third kappa shape index (κ3) is 7.46. The first-order valence-electron chi connectivity index (χ1n) is 12.6. The van der Waals surface area contributed by atoms with Gasteiger partial charge in [0.2, 0.25) is 11.8 Å². The molecule has 0 saturated heterocycles. The first-order chi connectivity index (χ1) is 18.5. The molecule has 0 radical (unpaired) electrons. The highest BCUT2D eigenvalue weighted by molar-refractivity contribution is 6.30. The Morgan fingerprint density at radius 2 is 1.39 bits per heavy atom. The Labute approximate surface area is 229 Å². The largest absolute Gasteiger partial charge is 0.497 e. The maximum Gasteiger partial charge on any atom is 0.247 e. The zero-order valence-electron chi connectivity index (χ0n) is 21.3. The molecule has 1 atom stereocenters. The van der Waals surface area contributed by atoms with Crippen molar-refractivity contribution in [3.8, 4) is 5.75 Å². The van der Waals surface area contributed by atoms with Crippen LogP contribution in [-0.4, -0.2) is 30.4 Å². The molecule has 2 amide bonds. The van der Waals surface area contributed by atoms with E-state index >= 15 is 0 Å². The molecule has 0 spiro atoms. The minimum absolute atomic E-state index is 0.134. The van der Waals surface area contributed by atoms with Gasteiger partial charge in [0, 0.05) is 18.1 Å². The van der Waals surface area contributed by atoms with Crippen LogP contribution in [0.5, 0.6) is 5.75 Å². The van der Waals surface area contributed by atoms with E-state index in [0.29, 0.717) is 18.0 Å². The number of nitrogens with one attached hydrogen (secondary N) is 1. The van der Waals surface area contributed by atoms with Gasteiger partial charge >= 0.3 is 0 Å². The lowest BCUT2D eigenvalue weighted by Crippen LogP contribution is -2.44. The third-order valence-corrected chi connectivity index (χ3v) is 6.58. The fourth-order valence-corrected chi connectivity index (χ4v) is 4.44. The zero-order chi connectivity index (χ0) is 26.7. The molecule has 0 fully saturated rings. The lowest BCUT2D eigenvalue weighted by Gasteiger charge is -2.32. The second-order valence-corrected chi connectivity index (χ2v) is 9.45. The zero-order valence-corrected chi connectivity index (χ0v) is 22.1. The van der Waals surface area contributed by atoms with Crippen molar-refractivity contribution in [2.24, 2.45) is 0 Å². The SMILES string of the molecule is COc1ccc(CCNC(=O)[C@@H](c2ccccc2)N(Cc2ccc(Cl)cc2)C(=O)Cc2ccccc2)cc1. The molecule has 5 nitrogen and oxygen atoms in total. The van der Waals surface area contributed by atoms with Crippen molar-refractivity contribution in [2.75, 3.05) is 13.7 Å². The monoisotopic (exact) mass is 526 g/mol. The number of carbonyl (C=O) groups excluding carboxylic acids is 2. The van der Waals surface area contributed by atoms with Crippen molar-refractivity contribution in [1.82, 2.24) is 10.2 Å². The lowest BCUT2D eigenvalue weighted by atomic mass is 10.0. The summed E-state index contributed by atoms with van der Waals surface area (Å²) in [6, 6.07) is 33.4. The van der Waals surface area contributed by atoms with Gasteiger partial charge in [0.25, 0.3) is 0 Å². The Balaban J connectivity index is 1.59. The molecule has 38 heavy (non-hydrogen) atoms. The van der Waals surface area contributed by atoms with Crippen LogP contribution in [0.1, 0.15) is 28.3 Å². The van der Waals surface area contributed by atoms with Crippen LogP contribution in [0, 0.1) is 0 Å². The van der Waals surface area contributed by atoms with Crippen LogP contribution >= 0.6 is 11.6 Å². The van der Waals surface area contributed by atoms with E-state index in [0.717, 1.165) is 28.0 Å². The van der Waals surface area contributed by atoms with Crippen LogP contribution < -0.4 is 10.1 Å². The molecular formula is C32H31ClN2O3. The molecule has 4 rings (SSSR count). The first-order valence-corrected chi connectivity index (χ1v) is 12.9. The lowest BCUT2D eigenvalue weighted by molar-refractivity contribution is -0.141. The van der Waals surface area contributed by atoms with Crippen LogP contribution in [0.2, 0.25) is 5.02 Å². The van der Waals surface area contributed by atoms with E-state index in [4.69, 9.17) is 16.3 Å². The molecular weight excluding hydrogens is 496 g/mol. The normalized spacial score (nSPS) is 11.4. The number of hydrogen-bond donors (Lipinski definition) is 1. The van der Waals surface area contributed by atoms with Gasteiger partial charge in [-0.3, -0.25) is 9.59 Å². The average Bonchev–Trinajstić information content (AvgIpc) is 2.95. The highest BCUT2D eigenvalue weighted by Gasteiger charge is 2.31. The quantitative estimate of drug-likeness (QED) is 0.260. The predicted octanol–water partition coefficient (Wildman–Crippen LogP) is 6.02. The number of hydrogen-bond acceptors (Lipinski definition) is 3. The molecule has 0 heterocycles. The van der Waals surface area contributed by atoms with Crippen molar-refractivity contribution in [3.05, 3.63) is 136 Å². The molecule has 4 aromatic carbocycles. The maximum absolute atomic E-state index is 13.8. The number of rotatable bonds is 11. The van der Waals surface area contributed by atoms with Crippen LogP contribution in [-0.2, 0) is 29.0 Å². The molecule has 0 aliphatic rings. The number of benzene rings is 4. The minimum atomic E-state index is -0.793. The Morgan fingerprint density at radius 1 is 0.789 bits per heavy atom. The van der Waals surface area contributed by atoms with Gasteiger partial charge in [-0.1, -0.05) is 96.5 Å². The fourth-order valence-electron chi connectivity index (χ4n) is 4.31. The third-order valence-electron chi connectivity index (χ3n) is 6.33. The van der Waals surface area contributed by atoms with E-state index in [9.17, 15) is 9.59 Å². The Bertz CT molecular complexity index is 1310. The topological polar surface area (TPSA) is 58.6 Å². The number of halogens is 1. The molecule has 4 aromatic rings. The molecule has 0 aliphatic carbocycles. The number of amides is 2. The van der Waals surface area contributed by atoms with Crippen LogP contribution in [0.15, 0.2) is 109 Å². The van der Waals surface area contributed by atoms with Crippen molar-refractivity contribution in [2.45, 2.75) is 25.4 Å². The predicted molar refractivity (Wildman–Crippen MR) is 151 cm³/mol. The molecule has 0 saturated carbocycles. The first kappa shape index (κ1) is 27.0. The summed E-state index contributed by atoms with van der Waals surface area (Å²) in [6.45, 7) is 0.713. The second kappa shape index (κ2) is 13.5. The summed E-state index contributed by atoms with van der Waals surface area (Å²) in [7, 11) is 1.63. The van der Waals surface area contributed by atoms with E-state index in [1.54, 1.807) is 24.1 Å². The van der Waals surface area contributed by atoms with E-state index in [2.05, 4.69) is 5.32 Å². The molecule has 0 aromatic heterocycles. The van der Waals surface area contributed by atoms with Crippen molar-refractivity contribution < 1.29 is 14.3 Å². The highest BCUT2D eigenvalue weighted by Crippen LogP contribution is 2.25. The number of methoxy groups -OCH3 is 1. The Hall–Kier alpha value is -4.09. The molecule has 6 heteroatoms. The van der Waals surface area contributed by atoms with Gasteiger partial charge in [-0.05, 0) is 52.9 Å². The van der Waals surface area contributed by atoms with Crippen molar-refractivity contribution >= 4 is 23.4 Å². The van der Waals surface area contributed by atoms with Crippen LogP contribution in [0.25, 0.3) is 0 Å². The Morgan fingerprint density at radius 3 is 2.03 bits per heavy atom. The van der Waals surface area contributed by atoms with Gasteiger partial charge in [0.1, 0.15) is 11.8 Å². The summed E-state index contributed by atoms with van der Waals surface area (Å²) < 4.78 is 5.22. The van der Waals surface area contributed by atoms with Crippen LogP contribution in [0.3, 0.4) is 0 Å². The molecule has 0 aliphatic heterocycles. The Kier molecular flexibility index (Phi) is 9.54. The molecule has 194 valence electrons. The highest BCUT2D eigenvalue weighted by atomic mass is 35.5. The van der Waals surface area contributed by atoms with Crippen LogP contribution in [0.4, 0.5) is 0 Å². The average molecular weight is 527 g/mol.